The summed E-state index contributed by atoms with van der Waals surface area (Å²) in [4.78, 5) is 12.2. The molecule has 0 radical (unpaired) electrons. The molecule has 7 nitrogen and oxygen atoms in total. The first-order valence-corrected chi connectivity index (χ1v) is 6.65. The number of nitrogens with zero attached hydrogens (tertiary/aromatic N) is 5. The summed E-state index contributed by atoms with van der Waals surface area (Å²) >= 11 is 0. The first-order chi connectivity index (χ1) is 10.2. The van der Waals surface area contributed by atoms with Crippen LogP contribution in [0, 0.1) is 0 Å². The van der Waals surface area contributed by atoms with Crippen LogP contribution in [0.1, 0.15) is 18.1 Å². The van der Waals surface area contributed by atoms with Crippen molar-refractivity contribution in [2.75, 3.05) is 0 Å². The summed E-state index contributed by atoms with van der Waals surface area (Å²) < 4.78 is 2.77. The second-order valence-electron chi connectivity index (χ2n) is 4.84. The number of hydrogen-bond donors (Lipinski definition) is 1. The maximum absolute atomic E-state index is 12.2. The van der Waals surface area contributed by atoms with Gasteiger partial charge in [0, 0.05) is 13.6 Å². The molecule has 0 aliphatic rings. The SMILES string of the molecule is Cn1ncc2c(=O)n(CCC(O)c3ccccc3)nnc21. The fourth-order valence-electron chi connectivity index (χ4n) is 2.21. The first kappa shape index (κ1) is 13.4. The van der Waals surface area contributed by atoms with E-state index in [1.165, 1.54) is 15.6 Å². The molecule has 3 rings (SSSR count). The quantitative estimate of drug-likeness (QED) is 0.760. The summed E-state index contributed by atoms with van der Waals surface area (Å²) in [5.41, 5.74) is 1.04. The Labute approximate surface area is 120 Å². The maximum Gasteiger partial charge on any atom is 0.280 e. The Balaban J connectivity index is 1.80. The lowest BCUT2D eigenvalue weighted by atomic mass is 10.1. The van der Waals surface area contributed by atoms with Crippen LogP contribution in [0.15, 0.2) is 41.3 Å². The van der Waals surface area contributed by atoms with Gasteiger partial charge in [-0.3, -0.25) is 4.79 Å². The number of aliphatic hydroxyl groups excluding tert-OH is 1. The summed E-state index contributed by atoms with van der Waals surface area (Å²) in [6.45, 7) is 0.298. The normalized spacial score (nSPS) is 12.7. The molecule has 1 aromatic carbocycles. The Hall–Kier alpha value is -2.54. The third-order valence-corrected chi connectivity index (χ3v) is 3.42. The van der Waals surface area contributed by atoms with Gasteiger partial charge in [-0.15, -0.1) is 5.10 Å². The van der Waals surface area contributed by atoms with E-state index in [4.69, 9.17) is 0 Å². The van der Waals surface area contributed by atoms with Crippen LogP contribution in [0.25, 0.3) is 11.0 Å². The van der Waals surface area contributed by atoms with Gasteiger partial charge in [-0.2, -0.15) is 5.10 Å². The van der Waals surface area contributed by atoms with Crippen molar-refractivity contribution in [1.29, 1.82) is 0 Å². The van der Waals surface area contributed by atoms with Crippen LogP contribution in [0.3, 0.4) is 0 Å². The van der Waals surface area contributed by atoms with E-state index in [1.54, 1.807) is 7.05 Å². The highest BCUT2D eigenvalue weighted by atomic mass is 16.3. The highest BCUT2D eigenvalue weighted by molar-refractivity contribution is 5.72. The average Bonchev–Trinajstić information content (AvgIpc) is 2.89. The maximum atomic E-state index is 12.2. The van der Waals surface area contributed by atoms with E-state index in [2.05, 4.69) is 15.4 Å². The van der Waals surface area contributed by atoms with Crippen LogP contribution in [0.5, 0.6) is 0 Å². The van der Waals surface area contributed by atoms with Crippen molar-refractivity contribution in [3.05, 3.63) is 52.4 Å². The summed E-state index contributed by atoms with van der Waals surface area (Å²) in [5, 5.41) is 22.4. The van der Waals surface area contributed by atoms with Crippen LogP contribution >= 0.6 is 0 Å². The van der Waals surface area contributed by atoms with Crippen LogP contribution in [-0.4, -0.2) is 29.9 Å². The van der Waals surface area contributed by atoms with Gasteiger partial charge in [0.15, 0.2) is 5.65 Å². The van der Waals surface area contributed by atoms with Gasteiger partial charge in [0.2, 0.25) is 0 Å². The van der Waals surface area contributed by atoms with Gasteiger partial charge in [-0.05, 0) is 12.0 Å². The van der Waals surface area contributed by atoms with E-state index < -0.39 is 6.10 Å². The van der Waals surface area contributed by atoms with Crippen LogP contribution in [0.2, 0.25) is 0 Å². The molecule has 2 aromatic heterocycles. The average molecular weight is 285 g/mol. The van der Waals surface area contributed by atoms with Crippen LogP contribution in [-0.2, 0) is 13.6 Å². The number of benzene rings is 1. The van der Waals surface area contributed by atoms with E-state index in [0.717, 1.165) is 5.56 Å². The van der Waals surface area contributed by atoms with Gasteiger partial charge >= 0.3 is 0 Å². The summed E-state index contributed by atoms with van der Waals surface area (Å²) in [7, 11) is 1.71. The molecule has 0 spiro atoms. The van der Waals surface area contributed by atoms with Crippen molar-refractivity contribution >= 4 is 11.0 Å². The van der Waals surface area contributed by atoms with E-state index >= 15 is 0 Å². The predicted molar refractivity (Wildman–Crippen MR) is 76.6 cm³/mol. The smallest absolute Gasteiger partial charge is 0.280 e. The van der Waals surface area contributed by atoms with E-state index in [-0.39, 0.29) is 5.56 Å². The molecule has 0 fully saturated rings. The molecule has 1 atom stereocenters. The van der Waals surface area contributed by atoms with Gasteiger partial charge < -0.3 is 5.11 Å². The van der Waals surface area contributed by atoms with Crippen molar-refractivity contribution in [3.63, 3.8) is 0 Å². The predicted octanol–water partition coefficient (Wildman–Crippen LogP) is 0.649. The topological polar surface area (TPSA) is 85.8 Å². The van der Waals surface area contributed by atoms with E-state index in [9.17, 15) is 9.90 Å². The second kappa shape index (κ2) is 5.45. The molecule has 108 valence electrons. The molecule has 0 aliphatic carbocycles. The standard InChI is InChI=1S/C14H15N5O2/c1-18-13-11(9-15-18)14(21)19(17-16-13)8-7-12(20)10-5-3-2-4-6-10/h2-6,9,12,20H,7-8H2,1H3. The number of aliphatic hydroxyl groups is 1. The lowest BCUT2D eigenvalue weighted by Gasteiger charge is -2.11. The molecule has 2 heterocycles. The lowest BCUT2D eigenvalue weighted by molar-refractivity contribution is 0.158. The zero-order valence-electron chi connectivity index (χ0n) is 11.5. The molecular formula is C14H15N5O2. The zero-order valence-corrected chi connectivity index (χ0v) is 11.5. The second-order valence-corrected chi connectivity index (χ2v) is 4.84. The molecule has 0 saturated carbocycles. The van der Waals surface area contributed by atoms with Crippen molar-refractivity contribution in [1.82, 2.24) is 24.8 Å². The first-order valence-electron chi connectivity index (χ1n) is 6.65. The Morgan fingerprint density at radius 1 is 1.29 bits per heavy atom. The molecule has 7 heteroatoms. The van der Waals surface area contributed by atoms with E-state index in [1.807, 2.05) is 30.3 Å². The minimum absolute atomic E-state index is 0.242. The monoisotopic (exact) mass is 285 g/mol. The molecule has 1 unspecified atom stereocenters. The van der Waals surface area contributed by atoms with Crippen LogP contribution in [0.4, 0.5) is 0 Å². The van der Waals surface area contributed by atoms with Gasteiger partial charge in [-0.1, -0.05) is 35.5 Å². The third kappa shape index (κ3) is 2.55. The molecule has 0 aliphatic heterocycles. The third-order valence-electron chi connectivity index (χ3n) is 3.42. The highest BCUT2D eigenvalue weighted by Gasteiger charge is 2.12. The lowest BCUT2D eigenvalue weighted by Crippen LogP contribution is -2.25. The van der Waals surface area contributed by atoms with Crippen molar-refractivity contribution < 1.29 is 5.11 Å². The number of hydrogen-bond acceptors (Lipinski definition) is 5. The fourth-order valence-corrected chi connectivity index (χ4v) is 2.21. The largest absolute Gasteiger partial charge is 0.388 e. The molecule has 0 saturated heterocycles. The van der Waals surface area contributed by atoms with Gasteiger partial charge in [-0.25, -0.2) is 9.36 Å². The number of fused-ring (bicyclic) bond motifs is 1. The Kier molecular flexibility index (Phi) is 3.49. The van der Waals surface area contributed by atoms with Crippen LogP contribution < -0.4 is 5.56 Å². The van der Waals surface area contributed by atoms with Crippen molar-refractivity contribution in [2.45, 2.75) is 19.1 Å². The molecule has 1 N–H and O–H groups in total. The van der Waals surface area contributed by atoms with Gasteiger partial charge in [0.1, 0.15) is 5.39 Å². The summed E-state index contributed by atoms with van der Waals surface area (Å²) in [5.74, 6) is 0. The number of aryl methyl sites for hydroxylation is 2. The van der Waals surface area contributed by atoms with Crippen molar-refractivity contribution in [2.24, 2.45) is 7.05 Å². The number of aromatic nitrogens is 5. The Bertz CT molecular complexity index is 809. The molecular weight excluding hydrogens is 270 g/mol. The Morgan fingerprint density at radius 2 is 2.05 bits per heavy atom. The van der Waals surface area contributed by atoms with Crippen molar-refractivity contribution in [3.8, 4) is 0 Å². The summed E-state index contributed by atoms with van der Waals surface area (Å²) in [6.07, 6.45) is 1.24. The highest BCUT2D eigenvalue weighted by Crippen LogP contribution is 2.16. The van der Waals surface area contributed by atoms with Gasteiger partial charge in [0.25, 0.3) is 5.56 Å². The fraction of sp³-hybridized carbons (Fsp3) is 0.286. The van der Waals surface area contributed by atoms with E-state index in [0.29, 0.717) is 24.0 Å². The molecule has 21 heavy (non-hydrogen) atoms. The molecule has 0 bridgehead atoms. The number of rotatable bonds is 4. The zero-order chi connectivity index (χ0) is 14.8. The Morgan fingerprint density at radius 3 is 2.81 bits per heavy atom. The minimum Gasteiger partial charge on any atom is -0.388 e. The molecule has 3 aromatic rings. The minimum atomic E-state index is -0.635. The molecule has 0 amide bonds. The summed E-state index contributed by atoms with van der Waals surface area (Å²) in [6, 6.07) is 9.33. The van der Waals surface area contributed by atoms with Gasteiger partial charge in [0.05, 0.1) is 12.3 Å².